The highest BCUT2D eigenvalue weighted by molar-refractivity contribution is 7.91. The molecule has 2 atom stereocenters. The Hall–Kier alpha value is -0.300. The number of rotatable bonds is 7. The molecule has 0 spiro atoms. The molecule has 1 aliphatic heterocycles. The molecule has 0 aromatic carbocycles. The average molecular weight is 301 g/mol. The first-order valence-corrected chi connectivity index (χ1v) is 8.54. The Balaban J connectivity index is 2.36. The molecule has 0 amide bonds. The maximum Gasteiger partial charge on any atom is 0.389 e. The molecule has 1 aliphatic rings. The molecule has 0 bridgehead atoms. The van der Waals surface area contributed by atoms with E-state index in [0.717, 1.165) is 0 Å². The van der Waals surface area contributed by atoms with Gasteiger partial charge >= 0.3 is 6.18 Å². The van der Waals surface area contributed by atoms with E-state index < -0.39 is 22.4 Å². The van der Waals surface area contributed by atoms with Crippen molar-refractivity contribution >= 4 is 9.84 Å². The molecule has 0 saturated carbocycles. The SMILES string of the molecule is CCNC(CCCC(F)(F)F)CC1CCS(=O)(=O)C1. The molecule has 1 fully saturated rings. The largest absolute Gasteiger partial charge is 0.389 e. The molecule has 7 heteroatoms. The van der Waals surface area contributed by atoms with Gasteiger partial charge in [-0.1, -0.05) is 6.92 Å². The fourth-order valence-corrected chi connectivity index (χ4v) is 4.48. The Morgan fingerprint density at radius 2 is 2.05 bits per heavy atom. The van der Waals surface area contributed by atoms with Gasteiger partial charge in [0.15, 0.2) is 9.84 Å². The van der Waals surface area contributed by atoms with Crippen LogP contribution in [0.2, 0.25) is 0 Å². The van der Waals surface area contributed by atoms with Gasteiger partial charge in [0, 0.05) is 12.5 Å². The standard InChI is InChI=1S/C12H22F3NO2S/c1-2-16-11(4-3-6-12(13,14)15)8-10-5-7-19(17,18)9-10/h10-11,16H,2-9H2,1H3. The predicted octanol–water partition coefficient (Wildman–Crippen LogP) is 2.52. The van der Waals surface area contributed by atoms with Crippen LogP contribution in [0.1, 0.15) is 39.0 Å². The Bertz CT molecular complexity index is 368. The third-order valence-electron chi connectivity index (χ3n) is 3.45. The molecule has 114 valence electrons. The van der Waals surface area contributed by atoms with Gasteiger partial charge in [0.2, 0.25) is 0 Å². The first-order valence-electron chi connectivity index (χ1n) is 6.72. The van der Waals surface area contributed by atoms with Crippen molar-refractivity contribution in [3.8, 4) is 0 Å². The zero-order valence-corrected chi connectivity index (χ0v) is 12.0. The minimum Gasteiger partial charge on any atom is -0.314 e. The zero-order chi connectivity index (χ0) is 14.5. The average Bonchev–Trinajstić information content (AvgIpc) is 2.56. The van der Waals surface area contributed by atoms with Crippen LogP contribution in [0, 0.1) is 5.92 Å². The molecule has 0 radical (unpaired) electrons. The highest BCUT2D eigenvalue weighted by Crippen LogP contribution is 2.26. The van der Waals surface area contributed by atoms with Crippen LogP contribution < -0.4 is 5.32 Å². The van der Waals surface area contributed by atoms with Gasteiger partial charge in [-0.2, -0.15) is 13.2 Å². The lowest BCUT2D eigenvalue weighted by atomic mass is 9.95. The minimum absolute atomic E-state index is 0.00866. The quantitative estimate of drug-likeness (QED) is 0.786. The Kier molecular flexibility index (Phi) is 6.11. The molecule has 19 heavy (non-hydrogen) atoms. The van der Waals surface area contributed by atoms with E-state index in [1.807, 2.05) is 6.92 Å². The van der Waals surface area contributed by atoms with Crippen molar-refractivity contribution in [3.05, 3.63) is 0 Å². The molecule has 0 aromatic heterocycles. The molecule has 2 unspecified atom stereocenters. The van der Waals surface area contributed by atoms with Crippen LogP contribution in [0.5, 0.6) is 0 Å². The summed E-state index contributed by atoms with van der Waals surface area (Å²) in [5.41, 5.74) is 0. The summed E-state index contributed by atoms with van der Waals surface area (Å²) in [5.74, 6) is 0.507. The monoisotopic (exact) mass is 301 g/mol. The van der Waals surface area contributed by atoms with Gasteiger partial charge in [0.25, 0.3) is 0 Å². The summed E-state index contributed by atoms with van der Waals surface area (Å²) in [6.45, 7) is 2.60. The smallest absolute Gasteiger partial charge is 0.314 e. The molecular weight excluding hydrogens is 279 g/mol. The second kappa shape index (κ2) is 6.92. The number of sulfone groups is 1. The first-order chi connectivity index (χ1) is 8.72. The van der Waals surface area contributed by atoms with Gasteiger partial charge in [-0.3, -0.25) is 0 Å². The van der Waals surface area contributed by atoms with Gasteiger partial charge in [-0.25, -0.2) is 8.42 Å². The minimum atomic E-state index is -4.10. The van der Waals surface area contributed by atoms with E-state index in [1.54, 1.807) is 0 Å². The summed E-state index contributed by atoms with van der Waals surface area (Å²) in [5, 5.41) is 3.16. The lowest BCUT2D eigenvalue weighted by Gasteiger charge is -2.21. The molecule has 3 nitrogen and oxygen atoms in total. The van der Waals surface area contributed by atoms with Gasteiger partial charge in [-0.15, -0.1) is 0 Å². The Morgan fingerprint density at radius 3 is 2.53 bits per heavy atom. The Labute approximate surface area is 112 Å². The van der Waals surface area contributed by atoms with Gasteiger partial charge in [0.1, 0.15) is 0 Å². The van der Waals surface area contributed by atoms with Crippen LogP contribution in [0.15, 0.2) is 0 Å². The zero-order valence-electron chi connectivity index (χ0n) is 11.2. The number of alkyl halides is 3. The van der Waals surface area contributed by atoms with Crippen molar-refractivity contribution in [2.45, 2.75) is 51.2 Å². The third kappa shape index (κ3) is 7.15. The highest BCUT2D eigenvalue weighted by Gasteiger charge is 2.30. The highest BCUT2D eigenvalue weighted by atomic mass is 32.2. The fourth-order valence-electron chi connectivity index (χ4n) is 2.60. The summed E-state index contributed by atoms with van der Waals surface area (Å²) < 4.78 is 59.0. The van der Waals surface area contributed by atoms with Crippen LogP contribution in [0.4, 0.5) is 13.2 Å². The van der Waals surface area contributed by atoms with Gasteiger partial charge < -0.3 is 5.32 Å². The first kappa shape index (κ1) is 16.8. The maximum absolute atomic E-state index is 12.1. The molecule has 1 heterocycles. The molecular formula is C12H22F3NO2S. The normalized spacial score (nSPS) is 24.5. The summed E-state index contributed by atoms with van der Waals surface area (Å²) in [4.78, 5) is 0. The molecule has 1 saturated heterocycles. The van der Waals surface area contributed by atoms with Crippen molar-refractivity contribution in [1.29, 1.82) is 0 Å². The van der Waals surface area contributed by atoms with Crippen LogP contribution in [0.3, 0.4) is 0 Å². The van der Waals surface area contributed by atoms with E-state index in [4.69, 9.17) is 0 Å². The summed E-state index contributed by atoms with van der Waals surface area (Å²) >= 11 is 0. The summed E-state index contributed by atoms with van der Waals surface area (Å²) in [6, 6.07) is -0.00866. The Morgan fingerprint density at radius 1 is 1.37 bits per heavy atom. The lowest BCUT2D eigenvalue weighted by molar-refractivity contribution is -0.135. The van der Waals surface area contributed by atoms with Crippen molar-refractivity contribution < 1.29 is 21.6 Å². The topological polar surface area (TPSA) is 46.2 Å². The van der Waals surface area contributed by atoms with Crippen molar-refractivity contribution in [1.82, 2.24) is 5.32 Å². The third-order valence-corrected chi connectivity index (χ3v) is 5.29. The van der Waals surface area contributed by atoms with E-state index in [1.165, 1.54) is 0 Å². The van der Waals surface area contributed by atoms with Crippen molar-refractivity contribution in [2.75, 3.05) is 18.1 Å². The second-order valence-corrected chi connectivity index (χ2v) is 7.50. The van der Waals surface area contributed by atoms with Crippen LogP contribution in [-0.4, -0.2) is 38.7 Å². The summed E-state index contributed by atoms with van der Waals surface area (Å²) in [7, 11) is -2.91. The second-order valence-electron chi connectivity index (χ2n) is 5.27. The van der Waals surface area contributed by atoms with Crippen LogP contribution in [-0.2, 0) is 9.84 Å². The van der Waals surface area contributed by atoms with Crippen LogP contribution in [0.25, 0.3) is 0 Å². The van der Waals surface area contributed by atoms with Gasteiger partial charge in [-0.05, 0) is 38.1 Å². The van der Waals surface area contributed by atoms with E-state index in [2.05, 4.69) is 5.32 Å². The van der Waals surface area contributed by atoms with E-state index in [0.29, 0.717) is 25.8 Å². The fraction of sp³-hybridized carbons (Fsp3) is 1.00. The summed E-state index contributed by atoms with van der Waals surface area (Å²) in [6.07, 6.45) is -3.02. The molecule has 0 aromatic rings. The molecule has 0 aliphatic carbocycles. The van der Waals surface area contributed by atoms with E-state index in [9.17, 15) is 21.6 Å². The number of hydrogen-bond donors (Lipinski definition) is 1. The number of hydrogen-bond acceptors (Lipinski definition) is 3. The van der Waals surface area contributed by atoms with Crippen molar-refractivity contribution in [2.24, 2.45) is 5.92 Å². The van der Waals surface area contributed by atoms with Gasteiger partial charge in [0.05, 0.1) is 11.5 Å². The molecule has 1 N–H and O–H groups in total. The number of halogens is 3. The maximum atomic E-state index is 12.1. The predicted molar refractivity (Wildman–Crippen MR) is 68.7 cm³/mol. The van der Waals surface area contributed by atoms with Crippen LogP contribution >= 0.6 is 0 Å². The van der Waals surface area contributed by atoms with E-state index in [-0.39, 0.29) is 29.9 Å². The van der Waals surface area contributed by atoms with Crippen molar-refractivity contribution in [3.63, 3.8) is 0 Å². The molecule has 1 rings (SSSR count). The van der Waals surface area contributed by atoms with E-state index >= 15 is 0 Å². The number of nitrogens with one attached hydrogen (secondary N) is 1. The lowest BCUT2D eigenvalue weighted by Crippen LogP contribution is -2.31.